The zero-order chi connectivity index (χ0) is 17.1. The lowest BCUT2D eigenvalue weighted by Gasteiger charge is -2.24. The number of H-pyrrole nitrogens is 1. The fraction of sp³-hybridized carbons (Fsp3) is 0.143. The smallest absolute Gasteiger partial charge is 0.202 e. The summed E-state index contributed by atoms with van der Waals surface area (Å²) in [7, 11) is 1.69. The summed E-state index contributed by atoms with van der Waals surface area (Å²) >= 11 is 0. The van der Waals surface area contributed by atoms with Crippen LogP contribution in [0, 0.1) is 0 Å². The van der Waals surface area contributed by atoms with Crippen LogP contribution in [0.5, 0.6) is 11.8 Å². The minimum atomic E-state index is 0.00358. The second-order valence-electron chi connectivity index (χ2n) is 6.69. The summed E-state index contributed by atoms with van der Waals surface area (Å²) < 4.78 is 1.47. The predicted molar refractivity (Wildman–Crippen MR) is 98.0 cm³/mol. The molecule has 5 rings (SSSR count). The summed E-state index contributed by atoms with van der Waals surface area (Å²) in [5.41, 5.74) is 5.84. The number of hydrogen-bond acceptors (Lipinski definition) is 2. The third kappa shape index (κ3) is 1.82. The van der Waals surface area contributed by atoms with Gasteiger partial charge in [0.05, 0.1) is 5.56 Å². The molecule has 2 heterocycles. The number of benzene rings is 2. The molecule has 0 saturated carbocycles. The molecule has 1 aliphatic rings. The monoisotopic (exact) mass is 330 g/mol. The number of fused-ring (bicyclic) bond motifs is 5. The first-order valence-corrected chi connectivity index (χ1v) is 8.42. The first-order valence-electron chi connectivity index (χ1n) is 8.42. The van der Waals surface area contributed by atoms with Crippen LogP contribution < -0.4 is 0 Å². The molecule has 0 spiro atoms. The molecule has 4 aromatic rings. The van der Waals surface area contributed by atoms with E-state index in [2.05, 4.69) is 23.2 Å². The zero-order valence-electron chi connectivity index (χ0n) is 13.8. The molecule has 0 amide bonds. The van der Waals surface area contributed by atoms with Crippen LogP contribution in [0.3, 0.4) is 0 Å². The number of hydrogen-bond donors (Lipinski definition) is 3. The summed E-state index contributed by atoms with van der Waals surface area (Å²) in [5.74, 6) is 0.250. The highest BCUT2D eigenvalue weighted by molar-refractivity contribution is 6.01. The van der Waals surface area contributed by atoms with Gasteiger partial charge in [0.1, 0.15) is 0 Å². The van der Waals surface area contributed by atoms with Gasteiger partial charge >= 0.3 is 0 Å². The van der Waals surface area contributed by atoms with Gasteiger partial charge in [-0.3, -0.25) is 4.57 Å². The minimum absolute atomic E-state index is 0.00358. The molecular formula is C21H18N2O2. The molecule has 1 atom stereocenters. The van der Waals surface area contributed by atoms with E-state index in [1.54, 1.807) is 7.05 Å². The lowest BCUT2D eigenvalue weighted by Crippen LogP contribution is -2.11. The van der Waals surface area contributed by atoms with E-state index in [-0.39, 0.29) is 17.7 Å². The van der Waals surface area contributed by atoms with E-state index in [4.69, 9.17) is 0 Å². The molecule has 4 heteroatoms. The van der Waals surface area contributed by atoms with E-state index in [1.807, 2.05) is 36.4 Å². The number of aromatic amines is 1. The van der Waals surface area contributed by atoms with E-state index < -0.39 is 0 Å². The highest BCUT2D eigenvalue weighted by atomic mass is 16.3. The van der Waals surface area contributed by atoms with Crippen LogP contribution in [0.25, 0.3) is 22.0 Å². The Bertz CT molecular complexity index is 1110. The fourth-order valence-electron chi connectivity index (χ4n) is 4.17. The van der Waals surface area contributed by atoms with Gasteiger partial charge in [-0.2, -0.15) is 0 Å². The Morgan fingerprint density at radius 2 is 1.64 bits per heavy atom. The number of para-hydroxylation sites is 1. The average molecular weight is 330 g/mol. The Balaban J connectivity index is 1.87. The molecule has 4 nitrogen and oxygen atoms in total. The summed E-state index contributed by atoms with van der Waals surface area (Å²) in [6.07, 6.45) is 0.762. The molecule has 0 radical (unpaired) electrons. The summed E-state index contributed by atoms with van der Waals surface area (Å²) in [5, 5.41) is 22.5. The minimum Gasteiger partial charge on any atom is -0.494 e. The molecule has 0 saturated heterocycles. The van der Waals surface area contributed by atoms with Crippen LogP contribution >= 0.6 is 0 Å². The highest BCUT2D eigenvalue weighted by Crippen LogP contribution is 2.53. The Morgan fingerprint density at radius 1 is 0.920 bits per heavy atom. The van der Waals surface area contributed by atoms with Crippen LogP contribution in [0.2, 0.25) is 0 Å². The molecule has 3 N–H and O–H groups in total. The summed E-state index contributed by atoms with van der Waals surface area (Å²) in [4.78, 5) is 3.51. The van der Waals surface area contributed by atoms with Crippen LogP contribution in [0.15, 0.2) is 54.6 Å². The van der Waals surface area contributed by atoms with Crippen molar-refractivity contribution in [1.29, 1.82) is 0 Å². The van der Waals surface area contributed by atoms with Crippen molar-refractivity contribution in [2.75, 3.05) is 0 Å². The SMILES string of the molecule is Cn1c(O)c2c(c1O)C(c1ccccc1)Cc1[nH]c3ccccc3c1-2. The van der Waals surface area contributed by atoms with Gasteiger partial charge in [0.15, 0.2) is 5.88 Å². The van der Waals surface area contributed by atoms with Crippen LogP contribution in [0.4, 0.5) is 0 Å². The third-order valence-electron chi connectivity index (χ3n) is 5.36. The lowest BCUT2D eigenvalue weighted by atomic mass is 9.79. The Labute approximate surface area is 145 Å². The van der Waals surface area contributed by atoms with E-state index >= 15 is 0 Å². The normalized spacial score (nSPS) is 16.0. The van der Waals surface area contributed by atoms with Gasteiger partial charge in [-0.25, -0.2) is 0 Å². The van der Waals surface area contributed by atoms with Crippen molar-refractivity contribution in [3.05, 3.63) is 71.4 Å². The van der Waals surface area contributed by atoms with Crippen molar-refractivity contribution >= 4 is 10.9 Å². The van der Waals surface area contributed by atoms with Crippen LogP contribution in [-0.2, 0) is 13.5 Å². The Morgan fingerprint density at radius 3 is 2.44 bits per heavy atom. The maximum Gasteiger partial charge on any atom is 0.202 e. The largest absolute Gasteiger partial charge is 0.494 e. The van der Waals surface area contributed by atoms with Gasteiger partial charge in [0.25, 0.3) is 0 Å². The van der Waals surface area contributed by atoms with Crippen molar-refractivity contribution < 1.29 is 10.2 Å². The topological polar surface area (TPSA) is 61.2 Å². The molecule has 0 fully saturated rings. The van der Waals surface area contributed by atoms with Crippen molar-refractivity contribution in [3.8, 4) is 22.9 Å². The van der Waals surface area contributed by atoms with Gasteiger partial charge in [0.2, 0.25) is 5.88 Å². The van der Waals surface area contributed by atoms with Gasteiger partial charge in [-0.15, -0.1) is 0 Å². The first-order chi connectivity index (χ1) is 12.2. The van der Waals surface area contributed by atoms with E-state index in [0.29, 0.717) is 0 Å². The number of aromatic hydroxyl groups is 2. The van der Waals surface area contributed by atoms with Crippen molar-refractivity contribution in [2.45, 2.75) is 12.3 Å². The second kappa shape index (κ2) is 4.93. The summed E-state index contributed by atoms with van der Waals surface area (Å²) in [6.45, 7) is 0. The molecule has 25 heavy (non-hydrogen) atoms. The number of nitrogens with zero attached hydrogens (tertiary/aromatic N) is 1. The maximum atomic E-state index is 10.7. The van der Waals surface area contributed by atoms with E-state index in [0.717, 1.165) is 45.3 Å². The molecule has 0 aliphatic heterocycles. The number of aromatic nitrogens is 2. The standard InChI is InChI=1S/C21H18N2O2/c1-23-20(24)18-14(12-7-3-2-4-8-12)11-16-17(19(18)21(23)25)13-9-5-6-10-15(13)22-16/h2-10,14,22,24-25H,11H2,1H3. The van der Waals surface area contributed by atoms with Crippen molar-refractivity contribution in [1.82, 2.24) is 9.55 Å². The molecule has 1 unspecified atom stereocenters. The highest BCUT2D eigenvalue weighted by Gasteiger charge is 2.36. The molecular weight excluding hydrogens is 312 g/mol. The second-order valence-corrected chi connectivity index (χ2v) is 6.69. The zero-order valence-corrected chi connectivity index (χ0v) is 13.8. The van der Waals surface area contributed by atoms with Gasteiger partial charge in [-0.1, -0.05) is 48.5 Å². The van der Waals surface area contributed by atoms with E-state index in [9.17, 15) is 10.2 Å². The molecule has 124 valence electrons. The third-order valence-corrected chi connectivity index (χ3v) is 5.36. The van der Waals surface area contributed by atoms with Crippen molar-refractivity contribution in [3.63, 3.8) is 0 Å². The molecule has 2 aromatic carbocycles. The van der Waals surface area contributed by atoms with Crippen LogP contribution in [-0.4, -0.2) is 19.8 Å². The number of rotatable bonds is 1. The van der Waals surface area contributed by atoms with Crippen molar-refractivity contribution in [2.24, 2.45) is 7.05 Å². The quantitative estimate of drug-likeness (QED) is 0.488. The Hall–Kier alpha value is -3.14. The molecule has 2 aromatic heterocycles. The first kappa shape index (κ1) is 14.2. The van der Waals surface area contributed by atoms with Gasteiger partial charge < -0.3 is 15.2 Å². The molecule has 1 aliphatic carbocycles. The van der Waals surface area contributed by atoms with Gasteiger partial charge in [0, 0.05) is 40.7 Å². The lowest BCUT2D eigenvalue weighted by molar-refractivity contribution is 0.385. The van der Waals surface area contributed by atoms with Crippen LogP contribution in [0.1, 0.15) is 22.7 Å². The van der Waals surface area contributed by atoms with Gasteiger partial charge in [-0.05, 0) is 18.1 Å². The Kier molecular flexibility index (Phi) is 2.80. The fourth-order valence-corrected chi connectivity index (χ4v) is 4.17. The number of nitrogens with one attached hydrogen (secondary N) is 1. The predicted octanol–water partition coefficient (Wildman–Crippen LogP) is 4.27. The molecule has 0 bridgehead atoms. The maximum absolute atomic E-state index is 10.7. The van der Waals surface area contributed by atoms with E-state index in [1.165, 1.54) is 4.57 Å². The summed E-state index contributed by atoms with van der Waals surface area (Å²) in [6, 6.07) is 18.3. The average Bonchev–Trinajstić information content (AvgIpc) is 3.13.